The van der Waals surface area contributed by atoms with Gasteiger partial charge in [0.15, 0.2) is 5.75 Å². The molecule has 0 aliphatic carbocycles. The molecular weight excluding hydrogens is 306 g/mol. The van der Waals surface area contributed by atoms with Crippen molar-refractivity contribution < 1.29 is 9.66 Å². The molecular formula is C18H21N3O3. The molecule has 0 radical (unpaired) electrons. The molecule has 3 rings (SSSR count). The minimum atomic E-state index is -0.416. The van der Waals surface area contributed by atoms with Gasteiger partial charge in [-0.1, -0.05) is 30.3 Å². The van der Waals surface area contributed by atoms with Gasteiger partial charge in [-0.25, -0.2) is 0 Å². The van der Waals surface area contributed by atoms with E-state index in [-0.39, 0.29) is 5.69 Å². The largest absolute Gasteiger partial charge is 0.490 e. The molecule has 0 saturated carbocycles. The lowest BCUT2D eigenvalue weighted by atomic mass is 10.2. The summed E-state index contributed by atoms with van der Waals surface area (Å²) in [5.41, 5.74) is 2.30. The Kier molecular flexibility index (Phi) is 4.96. The average Bonchev–Trinajstić information content (AvgIpc) is 2.62. The highest BCUT2D eigenvalue weighted by Crippen LogP contribution is 2.31. The van der Waals surface area contributed by atoms with Crippen molar-refractivity contribution in [1.29, 1.82) is 0 Å². The Labute approximate surface area is 141 Å². The number of benzene rings is 2. The van der Waals surface area contributed by atoms with Gasteiger partial charge >= 0.3 is 5.69 Å². The molecule has 0 aromatic heterocycles. The Morgan fingerprint density at radius 2 is 1.79 bits per heavy atom. The summed E-state index contributed by atoms with van der Waals surface area (Å²) >= 11 is 0. The van der Waals surface area contributed by atoms with Gasteiger partial charge in [0.25, 0.3) is 0 Å². The Morgan fingerprint density at radius 3 is 2.42 bits per heavy atom. The molecule has 6 heteroatoms. The molecule has 6 nitrogen and oxygen atoms in total. The Bertz CT molecular complexity index is 698. The van der Waals surface area contributed by atoms with Gasteiger partial charge in [0.1, 0.15) is 0 Å². The van der Waals surface area contributed by atoms with Crippen LogP contribution < -0.4 is 9.64 Å². The molecule has 126 valence electrons. The van der Waals surface area contributed by atoms with Crippen LogP contribution in [0.3, 0.4) is 0 Å². The summed E-state index contributed by atoms with van der Waals surface area (Å²) in [4.78, 5) is 15.2. The van der Waals surface area contributed by atoms with Crippen LogP contribution >= 0.6 is 0 Å². The van der Waals surface area contributed by atoms with Crippen molar-refractivity contribution >= 4 is 11.4 Å². The molecule has 0 spiro atoms. The SMILES string of the molecule is COc1cc(N2CCN(Cc3ccccc3)CC2)ccc1[N+](=O)[O-]. The summed E-state index contributed by atoms with van der Waals surface area (Å²) in [6.07, 6.45) is 0. The average molecular weight is 327 g/mol. The normalized spacial score (nSPS) is 15.3. The zero-order chi connectivity index (χ0) is 16.9. The maximum atomic E-state index is 11.0. The maximum Gasteiger partial charge on any atom is 0.311 e. The van der Waals surface area contributed by atoms with E-state index in [0.29, 0.717) is 5.75 Å². The highest BCUT2D eigenvalue weighted by atomic mass is 16.6. The summed E-state index contributed by atoms with van der Waals surface area (Å²) < 4.78 is 5.16. The van der Waals surface area contributed by atoms with Crippen molar-refractivity contribution in [3.63, 3.8) is 0 Å². The summed E-state index contributed by atoms with van der Waals surface area (Å²) in [6, 6.07) is 15.5. The van der Waals surface area contributed by atoms with Gasteiger partial charge in [-0.3, -0.25) is 15.0 Å². The van der Waals surface area contributed by atoms with Crippen molar-refractivity contribution in [2.24, 2.45) is 0 Å². The smallest absolute Gasteiger partial charge is 0.311 e. The second-order valence-corrected chi connectivity index (χ2v) is 5.86. The van der Waals surface area contributed by atoms with E-state index in [2.05, 4.69) is 34.1 Å². The van der Waals surface area contributed by atoms with E-state index in [0.717, 1.165) is 38.4 Å². The van der Waals surface area contributed by atoms with Gasteiger partial charge in [-0.2, -0.15) is 0 Å². The number of rotatable bonds is 5. The van der Waals surface area contributed by atoms with Crippen LogP contribution in [0.1, 0.15) is 5.56 Å². The van der Waals surface area contributed by atoms with Crippen LogP contribution in [-0.4, -0.2) is 43.1 Å². The monoisotopic (exact) mass is 327 g/mol. The molecule has 0 amide bonds. The lowest BCUT2D eigenvalue weighted by molar-refractivity contribution is -0.385. The molecule has 1 heterocycles. The van der Waals surface area contributed by atoms with Crippen molar-refractivity contribution in [2.45, 2.75) is 6.54 Å². The number of nitro groups is 1. The van der Waals surface area contributed by atoms with E-state index in [1.54, 1.807) is 12.1 Å². The number of hydrogen-bond acceptors (Lipinski definition) is 5. The molecule has 1 aliphatic heterocycles. The molecule has 2 aromatic carbocycles. The van der Waals surface area contributed by atoms with Crippen LogP contribution in [0, 0.1) is 10.1 Å². The van der Waals surface area contributed by atoms with Crippen molar-refractivity contribution in [3.8, 4) is 5.75 Å². The van der Waals surface area contributed by atoms with E-state index in [9.17, 15) is 10.1 Å². The van der Waals surface area contributed by atoms with Gasteiger partial charge < -0.3 is 9.64 Å². The van der Waals surface area contributed by atoms with E-state index in [1.165, 1.54) is 18.7 Å². The number of hydrogen-bond donors (Lipinski definition) is 0. The van der Waals surface area contributed by atoms with Crippen LogP contribution in [0.25, 0.3) is 0 Å². The van der Waals surface area contributed by atoms with Crippen molar-refractivity contribution in [1.82, 2.24) is 4.90 Å². The fraction of sp³-hybridized carbons (Fsp3) is 0.333. The summed E-state index contributed by atoms with van der Waals surface area (Å²) in [5, 5.41) is 11.0. The fourth-order valence-corrected chi connectivity index (χ4v) is 3.02. The molecule has 0 unspecified atom stereocenters. The van der Waals surface area contributed by atoms with Gasteiger partial charge in [-0.15, -0.1) is 0 Å². The first-order valence-corrected chi connectivity index (χ1v) is 8.01. The van der Waals surface area contributed by atoms with Crippen LogP contribution in [0.4, 0.5) is 11.4 Å². The third-order valence-corrected chi connectivity index (χ3v) is 4.35. The first-order chi connectivity index (χ1) is 11.7. The quantitative estimate of drug-likeness (QED) is 0.624. The lowest BCUT2D eigenvalue weighted by Crippen LogP contribution is -2.45. The summed E-state index contributed by atoms with van der Waals surface area (Å²) in [6.45, 7) is 4.68. The summed E-state index contributed by atoms with van der Waals surface area (Å²) in [7, 11) is 1.46. The second kappa shape index (κ2) is 7.31. The topological polar surface area (TPSA) is 58.8 Å². The molecule has 1 fully saturated rings. The van der Waals surface area contributed by atoms with Gasteiger partial charge in [-0.05, 0) is 11.6 Å². The number of nitrogens with zero attached hydrogens (tertiary/aromatic N) is 3. The molecule has 24 heavy (non-hydrogen) atoms. The zero-order valence-corrected chi connectivity index (χ0v) is 13.7. The Balaban J connectivity index is 1.63. The molecule has 0 N–H and O–H groups in total. The lowest BCUT2D eigenvalue weighted by Gasteiger charge is -2.36. The minimum absolute atomic E-state index is 0.00367. The highest BCUT2D eigenvalue weighted by Gasteiger charge is 2.20. The number of methoxy groups -OCH3 is 1. The van der Waals surface area contributed by atoms with Crippen LogP contribution in [-0.2, 0) is 6.54 Å². The molecule has 0 bridgehead atoms. The van der Waals surface area contributed by atoms with Gasteiger partial charge in [0, 0.05) is 50.5 Å². The second-order valence-electron chi connectivity index (χ2n) is 5.86. The standard InChI is InChI=1S/C18H21N3O3/c1-24-18-13-16(7-8-17(18)21(22)23)20-11-9-19(10-12-20)14-15-5-3-2-4-6-15/h2-8,13H,9-12,14H2,1H3. The highest BCUT2D eigenvalue weighted by molar-refractivity contribution is 5.59. The van der Waals surface area contributed by atoms with E-state index >= 15 is 0 Å². The Morgan fingerprint density at radius 1 is 1.08 bits per heavy atom. The van der Waals surface area contributed by atoms with Crippen LogP contribution in [0.2, 0.25) is 0 Å². The molecule has 1 saturated heterocycles. The van der Waals surface area contributed by atoms with Gasteiger partial charge in [0.05, 0.1) is 12.0 Å². The van der Waals surface area contributed by atoms with E-state index in [1.807, 2.05) is 6.07 Å². The number of nitro benzene ring substituents is 1. The first-order valence-electron chi connectivity index (χ1n) is 8.01. The molecule has 0 atom stereocenters. The zero-order valence-electron chi connectivity index (χ0n) is 13.7. The summed E-state index contributed by atoms with van der Waals surface area (Å²) in [5.74, 6) is 0.309. The van der Waals surface area contributed by atoms with Crippen LogP contribution in [0.5, 0.6) is 5.75 Å². The third kappa shape index (κ3) is 3.65. The number of anilines is 1. The first kappa shape index (κ1) is 16.3. The number of ether oxygens (including phenoxy) is 1. The van der Waals surface area contributed by atoms with Crippen molar-refractivity contribution in [3.05, 3.63) is 64.2 Å². The molecule has 2 aromatic rings. The van der Waals surface area contributed by atoms with Crippen LogP contribution in [0.15, 0.2) is 48.5 Å². The van der Waals surface area contributed by atoms with E-state index in [4.69, 9.17) is 4.74 Å². The Hall–Kier alpha value is -2.60. The fourth-order valence-electron chi connectivity index (χ4n) is 3.02. The molecule has 1 aliphatic rings. The third-order valence-electron chi connectivity index (χ3n) is 4.35. The van der Waals surface area contributed by atoms with E-state index < -0.39 is 4.92 Å². The predicted octanol–water partition coefficient (Wildman–Crippen LogP) is 2.93. The maximum absolute atomic E-state index is 11.0. The number of piperazine rings is 1. The predicted molar refractivity (Wildman–Crippen MR) is 93.6 cm³/mol. The van der Waals surface area contributed by atoms with Gasteiger partial charge in [0.2, 0.25) is 0 Å². The minimum Gasteiger partial charge on any atom is -0.490 e. The van der Waals surface area contributed by atoms with Crippen molar-refractivity contribution in [2.75, 3.05) is 38.2 Å².